The minimum Gasteiger partial charge on any atom is -0.326 e. The topological polar surface area (TPSA) is 82.9 Å². The number of hydrogen-bond donors (Lipinski definition) is 2. The van der Waals surface area contributed by atoms with E-state index in [0.29, 0.717) is 10.2 Å². The number of nitrogens with one attached hydrogen (secondary N) is 2. The van der Waals surface area contributed by atoms with E-state index in [-0.39, 0.29) is 18.2 Å². The molecule has 2 aromatic rings. The van der Waals surface area contributed by atoms with E-state index in [0.717, 1.165) is 22.4 Å². The molecule has 1 heterocycles. The lowest BCUT2D eigenvalue weighted by molar-refractivity contribution is -0.122. The number of amides is 2. The highest BCUT2D eigenvalue weighted by atomic mass is 35.5. The zero-order chi connectivity index (χ0) is 20.1. The van der Waals surface area contributed by atoms with E-state index in [1.807, 2.05) is 44.2 Å². The van der Waals surface area contributed by atoms with Gasteiger partial charge in [-0.05, 0) is 48.7 Å². The van der Waals surface area contributed by atoms with Crippen LogP contribution in [-0.4, -0.2) is 28.4 Å². The van der Waals surface area contributed by atoms with Crippen molar-refractivity contribution in [2.45, 2.75) is 25.5 Å². The van der Waals surface area contributed by atoms with Crippen molar-refractivity contribution in [1.82, 2.24) is 5.32 Å². The lowest BCUT2D eigenvalue weighted by atomic mass is 10.1. The number of hydrogen-bond acceptors (Lipinski definition) is 5. The number of thioether (sulfide) groups is 1. The summed E-state index contributed by atoms with van der Waals surface area (Å²) in [6.07, 6.45) is 1.63. The first kappa shape index (κ1) is 20.1. The number of nitrogens with zero attached hydrogens (tertiary/aromatic N) is 2. The predicted molar refractivity (Wildman–Crippen MR) is 115 cm³/mol. The summed E-state index contributed by atoms with van der Waals surface area (Å²) < 4.78 is 0. The molecule has 28 heavy (non-hydrogen) atoms. The van der Waals surface area contributed by atoms with Gasteiger partial charge in [0.05, 0.1) is 6.21 Å². The number of halogens is 1. The number of benzene rings is 2. The standard InChI is InChI=1S/C20H19ClN4O2S/c1-12-3-4-13(2)16(9-12)23-18(26)10-17-19(27)24-20(28-17)25-22-11-14-5-7-15(21)8-6-14/h3-9,11,17H,10H2,1-2H3,(H,23,26)(H,24,25,27). The van der Waals surface area contributed by atoms with Crippen LogP contribution in [0.15, 0.2) is 52.7 Å². The molecule has 144 valence electrons. The minimum absolute atomic E-state index is 0.0593. The Labute approximate surface area is 172 Å². The second-order valence-electron chi connectivity index (χ2n) is 6.37. The second-order valence-corrected chi connectivity index (χ2v) is 8.00. The van der Waals surface area contributed by atoms with Crippen LogP contribution in [0, 0.1) is 13.8 Å². The summed E-state index contributed by atoms with van der Waals surface area (Å²) in [5.41, 5.74) is 3.63. The lowest BCUT2D eigenvalue weighted by Crippen LogP contribution is -2.28. The summed E-state index contributed by atoms with van der Waals surface area (Å²) >= 11 is 7.03. The van der Waals surface area contributed by atoms with E-state index in [9.17, 15) is 9.59 Å². The summed E-state index contributed by atoms with van der Waals surface area (Å²) in [6.45, 7) is 3.89. The van der Waals surface area contributed by atoms with Gasteiger partial charge in [-0.15, -0.1) is 5.10 Å². The highest BCUT2D eigenvalue weighted by Crippen LogP contribution is 2.24. The van der Waals surface area contributed by atoms with Gasteiger partial charge in [0, 0.05) is 17.1 Å². The fraction of sp³-hybridized carbons (Fsp3) is 0.200. The maximum atomic E-state index is 12.3. The van der Waals surface area contributed by atoms with Gasteiger partial charge in [-0.3, -0.25) is 9.59 Å². The second kappa shape index (κ2) is 9.03. The van der Waals surface area contributed by atoms with Crippen LogP contribution in [0.1, 0.15) is 23.1 Å². The van der Waals surface area contributed by atoms with Crippen molar-refractivity contribution in [1.29, 1.82) is 0 Å². The van der Waals surface area contributed by atoms with E-state index < -0.39 is 5.25 Å². The third-order valence-electron chi connectivity index (χ3n) is 4.04. The van der Waals surface area contributed by atoms with Crippen LogP contribution in [0.4, 0.5) is 5.69 Å². The van der Waals surface area contributed by atoms with Crippen molar-refractivity contribution in [2.75, 3.05) is 5.32 Å². The van der Waals surface area contributed by atoms with Gasteiger partial charge in [0.2, 0.25) is 11.8 Å². The van der Waals surface area contributed by atoms with Crippen LogP contribution in [0.3, 0.4) is 0 Å². The Balaban J connectivity index is 1.57. The van der Waals surface area contributed by atoms with E-state index in [4.69, 9.17) is 11.6 Å². The Morgan fingerprint density at radius 3 is 2.75 bits per heavy atom. The molecule has 0 radical (unpaired) electrons. The van der Waals surface area contributed by atoms with Crippen LogP contribution < -0.4 is 10.6 Å². The Kier molecular flexibility index (Phi) is 6.49. The van der Waals surface area contributed by atoms with E-state index in [2.05, 4.69) is 20.8 Å². The highest BCUT2D eigenvalue weighted by Gasteiger charge is 2.32. The van der Waals surface area contributed by atoms with Crippen LogP contribution >= 0.6 is 23.4 Å². The fourth-order valence-electron chi connectivity index (χ4n) is 2.52. The molecule has 3 rings (SSSR count). The van der Waals surface area contributed by atoms with E-state index >= 15 is 0 Å². The molecule has 2 amide bonds. The van der Waals surface area contributed by atoms with Gasteiger partial charge in [-0.2, -0.15) is 5.10 Å². The Morgan fingerprint density at radius 1 is 1.25 bits per heavy atom. The SMILES string of the molecule is Cc1ccc(C)c(NC(=O)CC2SC(=NN=Cc3ccc(Cl)cc3)NC2=O)c1. The summed E-state index contributed by atoms with van der Waals surface area (Å²) in [4.78, 5) is 24.4. The number of carbonyl (C=O) groups excluding carboxylic acids is 2. The van der Waals surface area contributed by atoms with Gasteiger partial charge in [-0.25, -0.2) is 0 Å². The number of anilines is 1. The molecule has 0 aromatic heterocycles. The van der Waals surface area contributed by atoms with Crippen molar-refractivity contribution in [3.05, 3.63) is 64.2 Å². The molecule has 0 bridgehead atoms. The van der Waals surface area contributed by atoms with E-state index in [1.54, 1.807) is 18.3 Å². The predicted octanol–water partition coefficient (Wildman–Crippen LogP) is 3.91. The molecule has 8 heteroatoms. The highest BCUT2D eigenvalue weighted by molar-refractivity contribution is 8.15. The van der Waals surface area contributed by atoms with Crippen molar-refractivity contribution < 1.29 is 9.59 Å². The Hall–Kier alpha value is -2.64. The number of aryl methyl sites for hydroxylation is 2. The Morgan fingerprint density at radius 2 is 2.00 bits per heavy atom. The van der Waals surface area contributed by atoms with Crippen molar-refractivity contribution in [3.8, 4) is 0 Å². The summed E-state index contributed by atoms with van der Waals surface area (Å²) in [7, 11) is 0. The van der Waals surface area contributed by atoms with Gasteiger partial charge in [-0.1, -0.05) is 47.6 Å². The van der Waals surface area contributed by atoms with Crippen molar-refractivity contribution in [2.24, 2.45) is 10.2 Å². The van der Waals surface area contributed by atoms with Crippen LogP contribution in [0.2, 0.25) is 5.02 Å². The molecular weight excluding hydrogens is 396 g/mol. The molecule has 2 N–H and O–H groups in total. The maximum absolute atomic E-state index is 12.3. The normalized spacial score (nSPS) is 17.9. The number of amidine groups is 1. The fourth-order valence-corrected chi connectivity index (χ4v) is 3.57. The molecule has 6 nitrogen and oxygen atoms in total. The third-order valence-corrected chi connectivity index (χ3v) is 5.36. The van der Waals surface area contributed by atoms with Crippen LogP contribution in [-0.2, 0) is 9.59 Å². The van der Waals surface area contributed by atoms with Gasteiger partial charge in [0.1, 0.15) is 5.25 Å². The number of rotatable bonds is 5. The summed E-state index contributed by atoms with van der Waals surface area (Å²) in [5.74, 6) is -0.464. The minimum atomic E-state index is -0.533. The first-order chi connectivity index (χ1) is 13.4. The first-order valence-electron chi connectivity index (χ1n) is 8.62. The summed E-state index contributed by atoms with van der Waals surface area (Å²) in [5, 5.41) is 14.0. The third kappa shape index (κ3) is 5.43. The molecule has 1 saturated heterocycles. The van der Waals surface area contributed by atoms with E-state index in [1.165, 1.54) is 11.8 Å². The average Bonchev–Trinajstić information content (AvgIpc) is 2.99. The van der Waals surface area contributed by atoms with Crippen molar-refractivity contribution in [3.63, 3.8) is 0 Å². The van der Waals surface area contributed by atoms with Crippen LogP contribution in [0.25, 0.3) is 0 Å². The van der Waals surface area contributed by atoms with Gasteiger partial charge < -0.3 is 10.6 Å². The smallest absolute Gasteiger partial charge is 0.240 e. The van der Waals surface area contributed by atoms with Gasteiger partial charge in [0.15, 0.2) is 5.17 Å². The molecule has 1 atom stereocenters. The van der Waals surface area contributed by atoms with Gasteiger partial charge >= 0.3 is 0 Å². The Bertz CT molecular complexity index is 957. The molecular formula is C20H19ClN4O2S. The molecule has 1 aliphatic heterocycles. The first-order valence-corrected chi connectivity index (χ1v) is 9.88. The molecule has 0 spiro atoms. The lowest BCUT2D eigenvalue weighted by Gasteiger charge is -2.10. The molecule has 1 aliphatic rings. The largest absolute Gasteiger partial charge is 0.326 e. The average molecular weight is 415 g/mol. The maximum Gasteiger partial charge on any atom is 0.240 e. The zero-order valence-electron chi connectivity index (χ0n) is 15.4. The zero-order valence-corrected chi connectivity index (χ0v) is 17.0. The van der Waals surface area contributed by atoms with Gasteiger partial charge in [0.25, 0.3) is 0 Å². The summed E-state index contributed by atoms with van der Waals surface area (Å²) in [6, 6.07) is 13.0. The monoisotopic (exact) mass is 414 g/mol. The molecule has 0 aliphatic carbocycles. The quantitative estimate of drug-likeness (QED) is 0.574. The molecule has 2 aromatic carbocycles. The van der Waals surface area contributed by atoms with Crippen molar-refractivity contribution >= 4 is 52.2 Å². The molecule has 1 fully saturated rings. The molecule has 1 unspecified atom stereocenters. The van der Waals surface area contributed by atoms with Crippen LogP contribution in [0.5, 0.6) is 0 Å². The number of carbonyl (C=O) groups is 2. The molecule has 0 saturated carbocycles.